The van der Waals surface area contributed by atoms with Crippen LogP contribution in [-0.4, -0.2) is 18.9 Å². The van der Waals surface area contributed by atoms with Crippen LogP contribution in [0.1, 0.15) is 7.43 Å². The third-order valence-electron chi connectivity index (χ3n) is 0. The molecule has 0 bridgehead atoms. The first-order valence-electron chi connectivity index (χ1n) is 0. The Bertz CT molecular complexity index is 6.00. The molecule has 0 N–H and O–H groups in total. The monoisotopic (exact) mass is 135 g/mol. The minimum absolute atomic E-state index is 0. The van der Waals surface area contributed by atoms with E-state index in [1.54, 1.807) is 0 Å². The quantitative estimate of drug-likeness (QED) is 0.417. The van der Waals surface area contributed by atoms with Crippen LogP contribution in [0, 0.1) is 0 Å². The fourth-order valence-corrected chi connectivity index (χ4v) is 0. The van der Waals surface area contributed by atoms with Gasteiger partial charge in [0.2, 0.25) is 0 Å². The van der Waals surface area contributed by atoms with E-state index in [0.29, 0.717) is 0 Å². The minimum Gasteiger partial charge on any atom is -0.0776 e. The van der Waals surface area contributed by atoms with Crippen LogP contribution in [0.2, 0.25) is 0 Å². The second-order valence-corrected chi connectivity index (χ2v) is 0. The van der Waals surface area contributed by atoms with Crippen LogP contribution < -0.4 is 0 Å². The van der Waals surface area contributed by atoms with E-state index in [-0.39, 0.29) is 60.4 Å². The molecule has 0 heterocycles. The number of hydrogen-bond donors (Lipinski definition) is 0. The average Bonchev–Trinajstić information content (AvgIpc) is 0. The normalized spacial score (nSPS) is 0. The molecule has 0 atom stereocenters. The number of rotatable bonds is 0. The Morgan fingerprint density at radius 3 is 0.750 bits per heavy atom. The maximum Gasteiger partial charge on any atom is 0 e. The Labute approximate surface area is 60.2 Å². The Hall–Kier alpha value is 1.64. The first kappa shape index (κ1) is 45.2. The standard InChI is InChI=1S/CH4.2Fe.Li/h1H4;;;. The van der Waals surface area contributed by atoms with E-state index in [1.807, 2.05) is 0 Å². The fourth-order valence-electron chi connectivity index (χ4n) is 0. The van der Waals surface area contributed by atoms with Crippen molar-refractivity contribution >= 4 is 18.9 Å². The molecular formula is CH4Fe2Li. The van der Waals surface area contributed by atoms with Crippen molar-refractivity contribution in [3.63, 3.8) is 0 Å². The topological polar surface area (TPSA) is 0 Å². The van der Waals surface area contributed by atoms with Crippen LogP contribution in [0.3, 0.4) is 0 Å². The maximum atomic E-state index is 0. The molecule has 3 heteroatoms. The summed E-state index contributed by atoms with van der Waals surface area (Å²) >= 11 is 0. The molecule has 0 saturated heterocycles. The van der Waals surface area contributed by atoms with E-state index in [9.17, 15) is 0 Å². The predicted octanol–water partition coefficient (Wildman–Crippen LogP) is 0.250. The summed E-state index contributed by atoms with van der Waals surface area (Å²) in [4.78, 5) is 0. The second-order valence-electron chi connectivity index (χ2n) is 0. The fraction of sp³-hybridized carbons (Fsp3) is 1.00. The third-order valence-corrected chi connectivity index (χ3v) is 0. The molecule has 0 aliphatic heterocycles. The van der Waals surface area contributed by atoms with Crippen molar-refractivity contribution in [2.75, 3.05) is 0 Å². The van der Waals surface area contributed by atoms with Gasteiger partial charge in [0.1, 0.15) is 0 Å². The molecule has 1 radical (unpaired) electrons. The summed E-state index contributed by atoms with van der Waals surface area (Å²) in [6.45, 7) is 0. The summed E-state index contributed by atoms with van der Waals surface area (Å²) in [5.74, 6) is 0. The number of hydrogen-bond acceptors (Lipinski definition) is 0. The van der Waals surface area contributed by atoms with Gasteiger partial charge in [-0.1, -0.05) is 7.43 Å². The molecule has 0 aromatic rings. The molecule has 0 aliphatic carbocycles. The van der Waals surface area contributed by atoms with Crippen LogP contribution >= 0.6 is 0 Å². The van der Waals surface area contributed by atoms with E-state index in [0.717, 1.165) is 0 Å². The Balaban J connectivity index is 0. The van der Waals surface area contributed by atoms with Gasteiger partial charge in [-0.2, -0.15) is 0 Å². The minimum atomic E-state index is 0. The molecule has 0 rings (SSSR count). The smallest absolute Gasteiger partial charge is 0 e. The van der Waals surface area contributed by atoms with Gasteiger partial charge >= 0.3 is 0 Å². The average molecular weight is 135 g/mol. The summed E-state index contributed by atoms with van der Waals surface area (Å²) in [7, 11) is 0. The van der Waals surface area contributed by atoms with E-state index in [4.69, 9.17) is 0 Å². The molecule has 0 nitrogen and oxygen atoms in total. The zero-order chi connectivity index (χ0) is 0. The van der Waals surface area contributed by atoms with Crippen molar-refractivity contribution < 1.29 is 34.1 Å². The van der Waals surface area contributed by atoms with Gasteiger partial charge in [-0.05, 0) is 0 Å². The van der Waals surface area contributed by atoms with Gasteiger partial charge in [0.25, 0.3) is 0 Å². The summed E-state index contributed by atoms with van der Waals surface area (Å²) in [6.07, 6.45) is 0. The first-order valence-corrected chi connectivity index (χ1v) is 0. The van der Waals surface area contributed by atoms with Crippen LogP contribution in [0.25, 0.3) is 0 Å². The van der Waals surface area contributed by atoms with Crippen LogP contribution in [-0.2, 0) is 34.1 Å². The van der Waals surface area contributed by atoms with Crippen LogP contribution in [0.5, 0.6) is 0 Å². The van der Waals surface area contributed by atoms with Crippen LogP contribution in [0.15, 0.2) is 0 Å². The van der Waals surface area contributed by atoms with Gasteiger partial charge in [-0.15, -0.1) is 0 Å². The molecule has 4 heavy (non-hydrogen) atoms. The third kappa shape index (κ3) is 9.44. The van der Waals surface area contributed by atoms with Gasteiger partial charge in [0.05, 0.1) is 0 Å². The summed E-state index contributed by atoms with van der Waals surface area (Å²) in [5.41, 5.74) is 0. The van der Waals surface area contributed by atoms with Gasteiger partial charge in [-0.25, -0.2) is 0 Å². The van der Waals surface area contributed by atoms with Crippen molar-refractivity contribution in [2.45, 2.75) is 7.43 Å². The van der Waals surface area contributed by atoms with Crippen molar-refractivity contribution in [1.29, 1.82) is 0 Å². The van der Waals surface area contributed by atoms with Crippen molar-refractivity contribution in [2.24, 2.45) is 0 Å². The largest absolute Gasteiger partial charge is 0.0776 e. The maximum absolute atomic E-state index is 0. The zero-order valence-electron chi connectivity index (χ0n) is 1.71. The van der Waals surface area contributed by atoms with Gasteiger partial charge < -0.3 is 0 Å². The summed E-state index contributed by atoms with van der Waals surface area (Å²) in [5, 5.41) is 0. The van der Waals surface area contributed by atoms with Crippen molar-refractivity contribution in [3.8, 4) is 0 Å². The second kappa shape index (κ2) is 22.9. The first-order chi connectivity index (χ1) is 0. The van der Waals surface area contributed by atoms with E-state index >= 15 is 0 Å². The predicted molar refractivity (Wildman–Crippen MR) is 12.5 cm³/mol. The molecule has 0 aromatic heterocycles. The molecule has 25 valence electrons. The van der Waals surface area contributed by atoms with Gasteiger partial charge in [-0.3, -0.25) is 0 Å². The molecule has 0 saturated carbocycles. The molecule has 0 unspecified atom stereocenters. The summed E-state index contributed by atoms with van der Waals surface area (Å²) < 4.78 is 0. The summed E-state index contributed by atoms with van der Waals surface area (Å²) in [6, 6.07) is 0. The van der Waals surface area contributed by atoms with E-state index in [1.165, 1.54) is 0 Å². The Kier molecular flexibility index (Phi) is 259. The van der Waals surface area contributed by atoms with Crippen molar-refractivity contribution in [1.82, 2.24) is 0 Å². The molecular weight excluding hydrogens is 131 g/mol. The van der Waals surface area contributed by atoms with Gasteiger partial charge in [0, 0.05) is 53.0 Å². The molecule has 0 fully saturated rings. The molecule has 0 spiro atoms. The molecule has 0 aliphatic rings. The van der Waals surface area contributed by atoms with Crippen molar-refractivity contribution in [3.05, 3.63) is 0 Å². The zero-order valence-corrected chi connectivity index (χ0v) is 3.92. The molecule has 0 amide bonds. The van der Waals surface area contributed by atoms with E-state index < -0.39 is 0 Å². The van der Waals surface area contributed by atoms with Gasteiger partial charge in [0.15, 0.2) is 0 Å². The SMILES string of the molecule is C.[Fe].[Fe].[Li]. The van der Waals surface area contributed by atoms with Crippen LogP contribution in [0.4, 0.5) is 0 Å². The Morgan fingerprint density at radius 1 is 0.750 bits per heavy atom. The Morgan fingerprint density at radius 2 is 0.750 bits per heavy atom. The molecule has 0 aromatic carbocycles. The van der Waals surface area contributed by atoms with E-state index in [2.05, 4.69) is 0 Å².